The first-order valence-corrected chi connectivity index (χ1v) is 13.7. The van der Waals surface area contributed by atoms with E-state index in [1.165, 1.54) is 24.3 Å². The fraction of sp³-hybridized carbons (Fsp3) is 0.147. The Morgan fingerprint density at radius 1 is 0.881 bits per heavy atom. The largest absolute Gasteiger partial charge is 0.352 e. The molecule has 0 radical (unpaired) electrons. The van der Waals surface area contributed by atoms with Crippen LogP contribution in [-0.2, 0) is 10.2 Å². The molecule has 206 valence electrons. The summed E-state index contributed by atoms with van der Waals surface area (Å²) >= 11 is 0. The van der Waals surface area contributed by atoms with Gasteiger partial charge >= 0.3 is 0 Å². The summed E-state index contributed by atoms with van der Waals surface area (Å²) in [5.74, 6) is -2.39. The van der Waals surface area contributed by atoms with Crippen molar-refractivity contribution >= 4 is 40.6 Å². The van der Waals surface area contributed by atoms with Gasteiger partial charge < -0.3 is 10.2 Å². The van der Waals surface area contributed by atoms with Gasteiger partial charge in [-0.15, -0.1) is 0 Å². The summed E-state index contributed by atoms with van der Waals surface area (Å²) in [6, 6.07) is 25.7. The summed E-state index contributed by atoms with van der Waals surface area (Å²) in [6.45, 7) is 1.96. The molecule has 42 heavy (non-hydrogen) atoms. The molecule has 4 aromatic carbocycles. The number of ketones is 2. The Hall–Kier alpha value is -5.37. The van der Waals surface area contributed by atoms with Crippen LogP contribution >= 0.6 is 0 Å². The normalized spacial score (nSPS) is 23.2. The van der Waals surface area contributed by atoms with E-state index in [0.29, 0.717) is 16.8 Å². The predicted octanol–water partition coefficient (Wildman–Crippen LogP) is 5.76. The van der Waals surface area contributed by atoms with Crippen LogP contribution in [0.5, 0.6) is 0 Å². The molecule has 0 bridgehead atoms. The van der Waals surface area contributed by atoms with Crippen molar-refractivity contribution in [1.29, 1.82) is 0 Å². The number of anilines is 2. The van der Waals surface area contributed by atoms with Crippen molar-refractivity contribution < 1.29 is 19.3 Å². The molecular formula is C34H25N3O5. The zero-order valence-electron chi connectivity index (χ0n) is 22.6. The van der Waals surface area contributed by atoms with E-state index in [1.807, 2.05) is 66.4 Å². The number of nitro benzene ring substituents is 1. The molecule has 3 heterocycles. The highest BCUT2D eigenvalue weighted by molar-refractivity contribution is 6.18. The number of nitrogens with one attached hydrogen (secondary N) is 1. The van der Waals surface area contributed by atoms with Crippen LogP contribution in [0, 0.1) is 23.0 Å². The highest BCUT2D eigenvalue weighted by Crippen LogP contribution is 2.58. The number of carbonyl (C=O) groups is 3. The first-order valence-electron chi connectivity index (χ1n) is 13.7. The second-order valence-corrected chi connectivity index (χ2v) is 11.0. The number of benzene rings is 4. The molecule has 0 aliphatic carbocycles. The zero-order chi connectivity index (χ0) is 29.2. The van der Waals surface area contributed by atoms with Gasteiger partial charge in [-0.05, 0) is 35.7 Å². The van der Waals surface area contributed by atoms with Crippen LogP contribution < -0.4 is 10.2 Å². The highest BCUT2D eigenvalue weighted by atomic mass is 16.6. The van der Waals surface area contributed by atoms with Crippen LogP contribution in [0.25, 0.3) is 6.08 Å². The summed E-state index contributed by atoms with van der Waals surface area (Å²) in [4.78, 5) is 56.8. The van der Waals surface area contributed by atoms with Crippen molar-refractivity contribution in [3.8, 4) is 0 Å². The molecular weight excluding hydrogens is 530 g/mol. The molecule has 7 rings (SSSR count). The number of nitrogens with zero attached hydrogens (tertiary/aromatic N) is 2. The first kappa shape index (κ1) is 25.6. The van der Waals surface area contributed by atoms with Crippen LogP contribution in [0.2, 0.25) is 0 Å². The van der Waals surface area contributed by atoms with Gasteiger partial charge in [0.25, 0.3) is 5.69 Å². The third kappa shape index (κ3) is 3.51. The Morgan fingerprint density at radius 2 is 1.62 bits per heavy atom. The topological polar surface area (TPSA) is 110 Å². The third-order valence-electron chi connectivity index (χ3n) is 8.74. The molecule has 3 aliphatic rings. The summed E-state index contributed by atoms with van der Waals surface area (Å²) in [7, 11) is 0. The lowest BCUT2D eigenvalue weighted by atomic mass is 9.64. The number of hydrogen-bond acceptors (Lipinski definition) is 6. The van der Waals surface area contributed by atoms with Crippen LogP contribution in [-0.4, -0.2) is 34.5 Å². The van der Waals surface area contributed by atoms with E-state index in [1.54, 1.807) is 30.3 Å². The number of non-ortho nitro benzene ring substituents is 1. The van der Waals surface area contributed by atoms with E-state index in [2.05, 4.69) is 5.32 Å². The molecule has 8 heteroatoms. The number of hydrogen-bond donors (Lipinski definition) is 1. The summed E-state index contributed by atoms with van der Waals surface area (Å²) in [5, 5.41) is 14.6. The van der Waals surface area contributed by atoms with Gasteiger partial charge in [-0.2, -0.15) is 0 Å². The molecule has 4 atom stereocenters. The molecule has 1 spiro atoms. The van der Waals surface area contributed by atoms with Gasteiger partial charge in [0.2, 0.25) is 5.91 Å². The summed E-state index contributed by atoms with van der Waals surface area (Å²) < 4.78 is 0. The number of aryl methyl sites for hydroxylation is 1. The van der Waals surface area contributed by atoms with Gasteiger partial charge in [0.1, 0.15) is 11.5 Å². The van der Waals surface area contributed by atoms with Crippen molar-refractivity contribution in [2.45, 2.75) is 24.4 Å². The van der Waals surface area contributed by atoms with Crippen molar-refractivity contribution in [1.82, 2.24) is 0 Å². The van der Waals surface area contributed by atoms with Gasteiger partial charge in [-0.1, -0.05) is 84.9 Å². The predicted molar refractivity (Wildman–Crippen MR) is 159 cm³/mol. The van der Waals surface area contributed by atoms with E-state index >= 15 is 0 Å². The highest BCUT2D eigenvalue weighted by Gasteiger charge is 2.70. The van der Waals surface area contributed by atoms with Crippen molar-refractivity contribution in [2.24, 2.45) is 5.92 Å². The van der Waals surface area contributed by atoms with E-state index in [9.17, 15) is 24.5 Å². The van der Waals surface area contributed by atoms with Crippen LogP contribution in [0.4, 0.5) is 17.1 Å². The minimum atomic E-state index is -1.48. The van der Waals surface area contributed by atoms with Gasteiger partial charge in [-0.3, -0.25) is 24.5 Å². The Bertz CT molecular complexity index is 1850. The molecule has 1 fully saturated rings. The van der Waals surface area contributed by atoms with Crippen molar-refractivity contribution in [2.75, 3.05) is 10.2 Å². The maximum absolute atomic E-state index is 14.8. The van der Waals surface area contributed by atoms with E-state index in [-0.39, 0.29) is 22.9 Å². The standard InChI is InChI=1S/C34H25N3O5/c1-20-14-15-21-16-17-28-34(25-12-5-6-13-26(25)35-33(34)40)29(31(38)23-10-7-11-24(19-23)37(41)42)30(36(28)27(21)18-20)32(39)22-8-3-2-4-9-22/h2-19,28-30H,1H3,(H,35,40)/t28-,29+,30-,34+/m0/s1. The Labute approximate surface area is 241 Å². The number of carbonyl (C=O) groups excluding carboxylic acids is 3. The van der Waals surface area contributed by atoms with Crippen molar-refractivity contribution in [3.63, 3.8) is 0 Å². The number of fused-ring (bicyclic) bond motifs is 6. The number of para-hydroxylation sites is 1. The Balaban J connectivity index is 1.54. The molecule has 1 N–H and O–H groups in total. The lowest BCUT2D eigenvalue weighted by Crippen LogP contribution is -2.51. The Kier molecular flexibility index (Phi) is 5.69. The average Bonchev–Trinajstić information content (AvgIpc) is 3.49. The molecule has 8 nitrogen and oxygen atoms in total. The molecule has 4 aromatic rings. The van der Waals surface area contributed by atoms with Gasteiger partial charge in [0, 0.05) is 34.6 Å². The van der Waals surface area contributed by atoms with Crippen LogP contribution in [0.3, 0.4) is 0 Å². The molecule has 1 amide bonds. The molecule has 0 unspecified atom stereocenters. The number of nitro groups is 1. The summed E-state index contributed by atoms with van der Waals surface area (Å²) in [5.41, 5.74) is 2.55. The smallest absolute Gasteiger partial charge is 0.270 e. The minimum absolute atomic E-state index is 0.0740. The fourth-order valence-corrected chi connectivity index (χ4v) is 7.00. The van der Waals surface area contributed by atoms with Gasteiger partial charge in [0.05, 0.1) is 16.9 Å². The quantitative estimate of drug-likeness (QED) is 0.191. The first-order chi connectivity index (χ1) is 20.3. The van der Waals surface area contributed by atoms with E-state index in [4.69, 9.17) is 0 Å². The van der Waals surface area contributed by atoms with E-state index < -0.39 is 34.1 Å². The van der Waals surface area contributed by atoms with Crippen LogP contribution in [0.15, 0.2) is 103 Å². The maximum atomic E-state index is 14.8. The van der Waals surface area contributed by atoms with E-state index in [0.717, 1.165) is 16.8 Å². The maximum Gasteiger partial charge on any atom is 0.270 e. The number of amides is 1. The second-order valence-electron chi connectivity index (χ2n) is 11.0. The fourth-order valence-electron chi connectivity index (χ4n) is 7.00. The minimum Gasteiger partial charge on any atom is -0.352 e. The number of Topliss-reactive ketones (excluding diaryl/α,β-unsaturated/α-hetero) is 2. The molecule has 3 aliphatic heterocycles. The lowest BCUT2D eigenvalue weighted by molar-refractivity contribution is -0.384. The third-order valence-corrected chi connectivity index (χ3v) is 8.74. The summed E-state index contributed by atoms with van der Waals surface area (Å²) in [6.07, 6.45) is 3.85. The average molecular weight is 556 g/mol. The SMILES string of the molecule is Cc1ccc2c(c1)N1[C@H](C(=O)c3ccccc3)[C@H](C(=O)c3cccc([N+](=O)[O-])c3)[C@]3(C(=O)Nc4ccccc43)[C@@H]1C=C2. The lowest BCUT2D eigenvalue weighted by Gasteiger charge is -2.37. The Morgan fingerprint density at radius 3 is 2.40 bits per heavy atom. The molecule has 0 aromatic heterocycles. The number of rotatable bonds is 5. The zero-order valence-corrected chi connectivity index (χ0v) is 22.6. The van der Waals surface area contributed by atoms with Gasteiger partial charge in [-0.25, -0.2) is 0 Å². The molecule has 1 saturated heterocycles. The molecule has 0 saturated carbocycles. The monoisotopic (exact) mass is 555 g/mol. The van der Waals surface area contributed by atoms with Gasteiger partial charge in [0.15, 0.2) is 11.6 Å². The van der Waals surface area contributed by atoms with Crippen molar-refractivity contribution in [3.05, 3.63) is 141 Å². The second kappa shape index (κ2) is 9.34. The van der Waals surface area contributed by atoms with Crippen LogP contribution in [0.1, 0.15) is 37.4 Å².